The first kappa shape index (κ1) is 14.6. The normalized spacial score (nSPS) is 16.1. The van der Waals surface area contributed by atoms with E-state index in [0.29, 0.717) is 0 Å². The Labute approximate surface area is 128 Å². The van der Waals surface area contributed by atoms with Crippen molar-refractivity contribution in [3.05, 3.63) is 27.8 Å². The van der Waals surface area contributed by atoms with Gasteiger partial charge in [-0.15, -0.1) is 0 Å². The van der Waals surface area contributed by atoms with Gasteiger partial charge in [-0.25, -0.2) is 4.79 Å². The first-order valence-corrected chi connectivity index (χ1v) is 8.12. The predicted octanol–water partition coefficient (Wildman–Crippen LogP) is 4.38. The molecule has 0 radical (unpaired) electrons. The lowest BCUT2D eigenvalue weighted by atomic mass is 9.87. The molecule has 1 aliphatic carbocycles. The molecule has 1 aliphatic rings. The van der Waals surface area contributed by atoms with E-state index in [9.17, 15) is 4.79 Å². The molecule has 0 saturated heterocycles. The summed E-state index contributed by atoms with van der Waals surface area (Å²) in [5.41, 5.74) is 0.843. The highest BCUT2D eigenvalue weighted by molar-refractivity contribution is 14.1. The third kappa shape index (κ3) is 5.38. The van der Waals surface area contributed by atoms with Crippen molar-refractivity contribution in [3.8, 4) is 0 Å². The van der Waals surface area contributed by atoms with Crippen LogP contribution in [0.15, 0.2) is 24.3 Å². The lowest BCUT2D eigenvalue weighted by molar-refractivity contribution is 0.250. The Morgan fingerprint density at radius 2 is 1.84 bits per heavy atom. The Hall–Kier alpha value is -0.780. The largest absolute Gasteiger partial charge is 0.338 e. The van der Waals surface area contributed by atoms with E-state index in [1.54, 1.807) is 0 Å². The Morgan fingerprint density at radius 3 is 2.53 bits per heavy atom. The number of urea groups is 1. The van der Waals surface area contributed by atoms with E-state index in [0.717, 1.165) is 24.6 Å². The minimum absolute atomic E-state index is 0.1000. The van der Waals surface area contributed by atoms with Gasteiger partial charge in [-0.3, -0.25) is 0 Å². The average Bonchev–Trinajstić information content (AvgIpc) is 2.43. The monoisotopic (exact) mass is 372 g/mol. The molecule has 0 spiro atoms. The molecule has 19 heavy (non-hydrogen) atoms. The molecule has 2 amide bonds. The van der Waals surface area contributed by atoms with Gasteiger partial charge in [-0.1, -0.05) is 32.1 Å². The van der Waals surface area contributed by atoms with E-state index >= 15 is 0 Å². The van der Waals surface area contributed by atoms with E-state index < -0.39 is 0 Å². The molecule has 0 aromatic heterocycles. The van der Waals surface area contributed by atoms with E-state index in [1.807, 2.05) is 24.3 Å². The summed E-state index contributed by atoms with van der Waals surface area (Å²) in [4.78, 5) is 11.7. The number of amides is 2. The van der Waals surface area contributed by atoms with Gasteiger partial charge in [0.15, 0.2) is 0 Å². The van der Waals surface area contributed by atoms with Crippen molar-refractivity contribution in [3.63, 3.8) is 0 Å². The molecule has 104 valence electrons. The lowest BCUT2D eigenvalue weighted by Gasteiger charge is -2.21. The number of benzene rings is 1. The molecule has 0 aliphatic heterocycles. The van der Waals surface area contributed by atoms with Gasteiger partial charge >= 0.3 is 6.03 Å². The Bertz CT molecular complexity index is 399. The van der Waals surface area contributed by atoms with Gasteiger partial charge in [0, 0.05) is 15.8 Å². The van der Waals surface area contributed by atoms with E-state index in [4.69, 9.17) is 0 Å². The van der Waals surface area contributed by atoms with Crippen molar-refractivity contribution in [1.82, 2.24) is 5.32 Å². The quantitative estimate of drug-likeness (QED) is 0.757. The zero-order valence-corrected chi connectivity index (χ0v) is 13.3. The number of halogens is 1. The van der Waals surface area contributed by atoms with Crippen LogP contribution < -0.4 is 10.6 Å². The van der Waals surface area contributed by atoms with E-state index in [2.05, 4.69) is 33.2 Å². The SMILES string of the molecule is O=C(NCCC1CCCCC1)Nc1ccc(I)cc1. The van der Waals surface area contributed by atoms with Crippen molar-refractivity contribution in [2.75, 3.05) is 11.9 Å². The summed E-state index contributed by atoms with van der Waals surface area (Å²) in [6.07, 6.45) is 7.89. The third-order valence-corrected chi connectivity index (χ3v) is 4.38. The summed E-state index contributed by atoms with van der Waals surface area (Å²) in [5, 5.41) is 5.79. The number of rotatable bonds is 4. The molecule has 0 bridgehead atoms. The maximum atomic E-state index is 11.7. The standard InChI is InChI=1S/C15H21IN2O/c16-13-6-8-14(9-7-13)18-15(19)17-11-10-12-4-2-1-3-5-12/h6-9,12H,1-5,10-11H2,(H2,17,18,19). The molecule has 0 atom stereocenters. The fourth-order valence-electron chi connectivity index (χ4n) is 2.57. The zero-order valence-electron chi connectivity index (χ0n) is 11.1. The molecule has 3 nitrogen and oxygen atoms in total. The molecule has 0 unspecified atom stereocenters. The molecule has 0 heterocycles. The molecular weight excluding hydrogens is 351 g/mol. The van der Waals surface area contributed by atoms with E-state index in [1.165, 1.54) is 35.7 Å². The third-order valence-electron chi connectivity index (χ3n) is 3.66. The van der Waals surface area contributed by atoms with Gasteiger partial charge < -0.3 is 10.6 Å². The highest BCUT2D eigenvalue weighted by atomic mass is 127. The Balaban J connectivity index is 1.65. The van der Waals surface area contributed by atoms with Crippen molar-refractivity contribution in [2.24, 2.45) is 5.92 Å². The van der Waals surface area contributed by atoms with Gasteiger partial charge in [-0.2, -0.15) is 0 Å². The molecule has 2 rings (SSSR count). The fourth-order valence-corrected chi connectivity index (χ4v) is 2.93. The number of nitrogens with one attached hydrogen (secondary N) is 2. The van der Waals surface area contributed by atoms with Crippen LogP contribution in [0.5, 0.6) is 0 Å². The second-order valence-electron chi connectivity index (χ2n) is 5.18. The Kier molecular flexibility index (Phi) is 5.94. The molecular formula is C15H21IN2O. The van der Waals surface area contributed by atoms with Gasteiger partial charge in [-0.05, 0) is 59.2 Å². The topological polar surface area (TPSA) is 41.1 Å². The maximum absolute atomic E-state index is 11.7. The molecule has 1 aromatic rings. The van der Waals surface area contributed by atoms with Crippen LogP contribution in [-0.2, 0) is 0 Å². The smallest absolute Gasteiger partial charge is 0.319 e. The number of hydrogen-bond donors (Lipinski definition) is 2. The minimum Gasteiger partial charge on any atom is -0.338 e. The molecule has 1 saturated carbocycles. The summed E-state index contributed by atoms with van der Waals surface area (Å²) in [6.45, 7) is 0.779. The molecule has 1 aromatic carbocycles. The Morgan fingerprint density at radius 1 is 1.16 bits per heavy atom. The zero-order chi connectivity index (χ0) is 13.5. The van der Waals surface area contributed by atoms with Gasteiger partial charge in [0.25, 0.3) is 0 Å². The van der Waals surface area contributed by atoms with Crippen LogP contribution in [0.4, 0.5) is 10.5 Å². The summed E-state index contributed by atoms with van der Waals surface area (Å²) >= 11 is 2.25. The molecule has 1 fully saturated rings. The van der Waals surface area contributed by atoms with Crippen molar-refractivity contribution >= 4 is 34.3 Å². The highest BCUT2D eigenvalue weighted by Gasteiger charge is 2.13. The van der Waals surface area contributed by atoms with Crippen molar-refractivity contribution < 1.29 is 4.79 Å². The second kappa shape index (κ2) is 7.72. The number of hydrogen-bond acceptors (Lipinski definition) is 1. The summed E-state index contributed by atoms with van der Waals surface area (Å²) in [5.74, 6) is 0.812. The second-order valence-corrected chi connectivity index (χ2v) is 6.43. The maximum Gasteiger partial charge on any atom is 0.319 e. The van der Waals surface area contributed by atoms with Crippen LogP contribution in [0, 0.1) is 9.49 Å². The van der Waals surface area contributed by atoms with Crippen LogP contribution in [0.25, 0.3) is 0 Å². The van der Waals surface area contributed by atoms with Crippen LogP contribution in [0.1, 0.15) is 38.5 Å². The summed E-state index contributed by atoms with van der Waals surface area (Å²) in [7, 11) is 0. The van der Waals surface area contributed by atoms with Crippen LogP contribution in [-0.4, -0.2) is 12.6 Å². The number of anilines is 1. The van der Waals surface area contributed by atoms with Crippen LogP contribution in [0.2, 0.25) is 0 Å². The molecule has 2 N–H and O–H groups in total. The predicted molar refractivity (Wildman–Crippen MR) is 87.4 cm³/mol. The number of carbonyl (C=O) groups excluding carboxylic acids is 1. The lowest BCUT2D eigenvalue weighted by Crippen LogP contribution is -2.30. The van der Waals surface area contributed by atoms with Crippen molar-refractivity contribution in [2.45, 2.75) is 38.5 Å². The molecule has 4 heteroatoms. The van der Waals surface area contributed by atoms with Crippen LogP contribution in [0.3, 0.4) is 0 Å². The van der Waals surface area contributed by atoms with Gasteiger partial charge in [0.2, 0.25) is 0 Å². The fraction of sp³-hybridized carbons (Fsp3) is 0.533. The number of carbonyl (C=O) groups is 1. The highest BCUT2D eigenvalue weighted by Crippen LogP contribution is 2.25. The van der Waals surface area contributed by atoms with Gasteiger partial charge in [0.05, 0.1) is 0 Å². The first-order chi connectivity index (χ1) is 9.24. The van der Waals surface area contributed by atoms with Crippen LogP contribution >= 0.6 is 22.6 Å². The minimum atomic E-state index is -0.1000. The van der Waals surface area contributed by atoms with Gasteiger partial charge in [0.1, 0.15) is 0 Å². The van der Waals surface area contributed by atoms with Crippen molar-refractivity contribution in [1.29, 1.82) is 0 Å². The van der Waals surface area contributed by atoms with E-state index in [-0.39, 0.29) is 6.03 Å². The first-order valence-electron chi connectivity index (χ1n) is 7.04. The summed E-state index contributed by atoms with van der Waals surface area (Å²) in [6, 6.07) is 7.71. The summed E-state index contributed by atoms with van der Waals surface area (Å²) < 4.78 is 1.17. The average molecular weight is 372 g/mol.